The Morgan fingerprint density at radius 1 is 1.17 bits per heavy atom. The molecule has 2 amide bonds. The van der Waals surface area contributed by atoms with E-state index in [4.69, 9.17) is 9.15 Å². The van der Waals surface area contributed by atoms with Gasteiger partial charge < -0.3 is 19.4 Å². The number of hydrogen-bond donors (Lipinski definition) is 1. The maximum absolute atomic E-state index is 12.6. The van der Waals surface area contributed by atoms with Gasteiger partial charge in [0.2, 0.25) is 5.91 Å². The molecule has 6 heteroatoms. The average Bonchev–Trinajstić information content (AvgIpc) is 3.14. The molecule has 2 unspecified atom stereocenters. The van der Waals surface area contributed by atoms with Crippen LogP contribution in [0.1, 0.15) is 36.0 Å². The summed E-state index contributed by atoms with van der Waals surface area (Å²) in [4.78, 5) is 26.2. The van der Waals surface area contributed by atoms with Gasteiger partial charge in [-0.05, 0) is 32.0 Å². The van der Waals surface area contributed by atoms with Crippen molar-refractivity contribution >= 4 is 11.8 Å². The third-order valence-electron chi connectivity index (χ3n) is 3.98. The number of methoxy groups -OCH3 is 1. The second kappa shape index (κ2) is 7.68. The first-order chi connectivity index (χ1) is 11.5. The second-order valence-electron chi connectivity index (χ2n) is 5.54. The van der Waals surface area contributed by atoms with Gasteiger partial charge in [-0.3, -0.25) is 9.59 Å². The van der Waals surface area contributed by atoms with Crippen LogP contribution in [0.15, 0.2) is 47.1 Å². The van der Waals surface area contributed by atoms with E-state index in [9.17, 15) is 9.59 Å². The number of nitrogens with zero attached hydrogens (tertiary/aromatic N) is 1. The molecule has 6 nitrogen and oxygen atoms in total. The molecular weight excluding hydrogens is 308 g/mol. The number of hydrogen-bond acceptors (Lipinski definition) is 4. The summed E-state index contributed by atoms with van der Waals surface area (Å²) in [5.74, 6) is 0.277. The predicted octanol–water partition coefficient (Wildman–Crippen LogP) is 2.63. The SMILES string of the molecule is COc1ccccc1C(C)N(C)C(=O)C(C)NC(=O)c1ccco1. The van der Waals surface area contributed by atoms with Gasteiger partial charge >= 0.3 is 0 Å². The normalized spacial score (nSPS) is 13.0. The van der Waals surface area contributed by atoms with Gasteiger partial charge in [0.05, 0.1) is 19.4 Å². The molecule has 2 aromatic rings. The summed E-state index contributed by atoms with van der Waals surface area (Å²) >= 11 is 0. The molecule has 1 aromatic carbocycles. The Labute approximate surface area is 141 Å². The highest BCUT2D eigenvalue weighted by molar-refractivity contribution is 5.95. The van der Waals surface area contributed by atoms with Crippen molar-refractivity contribution in [1.82, 2.24) is 10.2 Å². The largest absolute Gasteiger partial charge is 0.496 e. The molecule has 0 aliphatic rings. The molecule has 24 heavy (non-hydrogen) atoms. The second-order valence-corrected chi connectivity index (χ2v) is 5.54. The van der Waals surface area contributed by atoms with E-state index >= 15 is 0 Å². The van der Waals surface area contributed by atoms with Crippen LogP contribution in [-0.2, 0) is 4.79 Å². The van der Waals surface area contributed by atoms with Crippen LogP contribution in [0.2, 0.25) is 0 Å². The lowest BCUT2D eigenvalue weighted by Gasteiger charge is -2.29. The zero-order valence-electron chi connectivity index (χ0n) is 14.3. The average molecular weight is 330 g/mol. The number of carbonyl (C=O) groups is 2. The number of furan rings is 1. The van der Waals surface area contributed by atoms with Crippen molar-refractivity contribution in [1.29, 1.82) is 0 Å². The summed E-state index contributed by atoms with van der Waals surface area (Å²) < 4.78 is 10.4. The summed E-state index contributed by atoms with van der Waals surface area (Å²) in [6.45, 7) is 3.56. The first kappa shape index (κ1) is 17.6. The van der Waals surface area contributed by atoms with Crippen molar-refractivity contribution in [2.75, 3.05) is 14.2 Å². The smallest absolute Gasteiger partial charge is 0.287 e. The highest BCUT2D eigenvalue weighted by atomic mass is 16.5. The number of carbonyl (C=O) groups excluding carboxylic acids is 2. The van der Waals surface area contributed by atoms with E-state index in [0.717, 1.165) is 11.3 Å². The molecule has 0 bridgehead atoms. The summed E-state index contributed by atoms with van der Waals surface area (Å²) in [6.07, 6.45) is 1.41. The number of rotatable bonds is 6. The van der Waals surface area contributed by atoms with Gasteiger partial charge in [-0.2, -0.15) is 0 Å². The zero-order valence-corrected chi connectivity index (χ0v) is 14.3. The minimum Gasteiger partial charge on any atom is -0.496 e. The summed E-state index contributed by atoms with van der Waals surface area (Å²) in [6, 6.07) is 9.84. The lowest BCUT2D eigenvalue weighted by Crippen LogP contribution is -2.46. The number of benzene rings is 1. The van der Waals surface area contributed by atoms with Gasteiger partial charge in [0.15, 0.2) is 5.76 Å². The molecule has 1 heterocycles. The van der Waals surface area contributed by atoms with Gasteiger partial charge in [0.1, 0.15) is 11.8 Å². The van der Waals surface area contributed by atoms with Gasteiger partial charge in [0.25, 0.3) is 5.91 Å². The molecule has 0 aliphatic carbocycles. The maximum Gasteiger partial charge on any atom is 0.287 e. The maximum atomic E-state index is 12.6. The summed E-state index contributed by atoms with van der Waals surface area (Å²) in [5.41, 5.74) is 0.903. The molecule has 0 saturated heterocycles. The molecule has 128 valence electrons. The molecule has 2 atom stereocenters. The Morgan fingerprint density at radius 2 is 1.88 bits per heavy atom. The zero-order chi connectivity index (χ0) is 17.7. The van der Waals surface area contributed by atoms with Gasteiger partial charge in [-0.15, -0.1) is 0 Å². The Balaban J connectivity index is 2.06. The van der Waals surface area contributed by atoms with Crippen molar-refractivity contribution in [3.05, 3.63) is 54.0 Å². The quantitative estimate of drug-likeness (QED) is 0.884. The summed E-state index contributed by atoms with van der Waals surface area (Å²) in [7, 11) is 3.30. The van der Waals surface area contributed by atoms with E-state index in [2.05, 4.69) is 5.32 Å². The van der Waals surface area contributed by atoms with Crippen LogP contribution >= 0.6 is 0 Å². The number of likely N-dealkylation sites (N-methyl/N-ethyl adjacent to an activating group) is 1. The molecule has 1 aromatic heterocycles. The molecule has 0 saturated carbocycles. The molecular formula is C18H22N2O4. The van der Waals surface area contributed by atoms with Crippen molar-refractivity contribution in [3.63, 3.8) is 0 Å². The third-order valence-corrected chi connectivity index (χ3v) is 3.98. The number of amides is 2. The number of nitrogens with one attached hydrogen (secondary N) is 1. The Hall–Kier alpha value is -2.76. The van der Waals surface area contributed by atoms with Crippen LogP contribution in [0.5, 0.6) is 5.75 Å². The Morgan fingerprint density at radius 3 is 2.50 bits per heavy atom. The van der Waals surface area contributed by atoms with Crippen LogP contribution < -0.4 is 10.1 Å². The van der Waals surface area contributed by atoms with Crippen molar-refractivity contribution < 1.29 is 18.7 Å². The molecule has 0 aliphatic heterocycles. The van der Waals surface area contributed by atoms with Crippen LogP contribution in [0, 0.1) is 0 Å². The molecule has 2 rings (SSSR count). The molecule has 0 spiro atoms. The standard InChI is InChI=1S/C18H22N2O4/c1-12(19-17(21)16-10-7-11-24-16)18(22)20(3)13(2)14-8-5-6-9-15(14)23-4/h5-13H,1-4H3,(H,19,21). The first-order valence-corrected chi connectivity index (χ1v) is 7.69. The van der Waals surface area contributed by atoms with Crippen LogP contribution in [0.25, 0.3) is 0 Å². The van der Waals surface area contributed by atoms with Gasteiger partial charge in [0, 0.05) is 12.6 Å². The van der Waals surface area contributed by atoms with Crippen LogP contribution in [0.3, 0.4) is 0 Å². The van der Waals surface area contributed by atoms with Gasteiger partial charge in [-0.25, -0.2) is 0 Å². The first-order valence-electron chi connectivity index (χ1n) is 7.69. The van der Waals surface area contributed by atoms with Crippen LogP contribution in [0.4, 0.5) is 0 Å². The molecule has 0 fully saturated rings. The highest BCUT2D eigenvalue weighted by Crippen LogP contribution is 2.28. The Bertz CT molecular complexity index is 697. The van der Waals surface area contributed by atoms with Crippen molar-refractivity contribution in [3.8, 4) is 5.75 Å². The lowest BCUT2D eigenvalue weighted by molar-refractivity contribution is -0.133. The van der Waals surface area contributed by atoms with E-state index in [1.807, 2.05) is 31.2 Å². The molecule has 0 radical (unpaired) electrons. The number of para-hydroxylation sites is 1. The highest BCUT2D eigenvalue weighted by Gasteiger charge is 2.26. The lowest BCUT2D eigenvalue weighted by atomic mass is 10.1. The fourth-order valence-electron chi connectivity index (χ4n) is 2.45. The van der Waals surface area contributed by atoms with E-state index in [0.29, 0.717) is 0 Å². The minimum absolute atomic E-state index is 0.176. The van der Waals surface area contributed by atoms with E-state index in [1.165, 1.54) is 6.26 Å². The van der Waals surface area contributed by atoms with Crippen molar-refractivity contribution in [2.45, 2.75) is 25.9 Å². The fraction of sp³-hybridized carbons (Fsp3) is 0.333. The predicted molar refractivity (Wildman–Crippen MR) is 89.8 cm³/mol. The minimum atomic E-state index is -0.676. The van der Waals surface area contributed by atoms with E-state index in [1.54, 1.807) is 38.1 Å². The summed E-state index contributed by atoms with van der Waals surface area (Å²) in [5, 5.41) is 2.64. The number of ether oxygens (including phenoxy) is 1. The fourth-order valence-corrected chi connectivity index (χ4v) is 2.45. The topological polar surface area (TPSA) is 71.8 Å². The van der Waals surface area contributed by atoms with E-state index < -0.39 is 11.9 Å². The monoisotopic (exact) mass is 330 g/mol. The van der Waals surface area contributed by atoms with Gasteiger partial charge in [-0.1, -0.05) is 18.2 Å². The van der Waals surface area contributed by atoms with Crippen molar-refractivity contribution in [2.24, 2.45) is 0 Å². The Kier molecular flexibility index (Phi) is 5.63. The van der Waals surface area contributed by atoms with Crippen LogP contribution in [-0.4, -0.2) is 36.9 Å². The molecule has 1 N–H and O–H groups in total. The van der Waals surface area contributed by atoms with E-state index in [-0.39, 0.29) is 17.7 Å². The third kappa shape index (κ3) is 3.76.